The topological polar surface area (TPSA) is 62.8 Å². The Morgan fingerprint density at radius 1 is 1.28 bits per heavy atom. The van der Waals surface area contributed by atoms with Gasteiger partial charge in [-0.2, -0.15) is 0 Å². The molecule has 0 amide bonds. The highest BCUT2D eigenvalue weighted by molar-refractivity contribution is 5.17. The molecule has 0 aliphatic heterocycles. The van der Waals surface area contributed by atoms with Gasteiger partial charge in [-0.25, -0.2) is 9.97 Å². The van der Waals surface area contributed by atoms with Gasteiger partial charge in [0.15, 0.2) is 0 Å². The second-order valence-corrected chi connectivity index (χ2v) is 3.99. The van der Waals surface area contributed by atoms with Crippen LogP contribution in [0.3, 0.4) is 0 Å². The molecule has 0 aliphatic carbocycles. The number of hydrogen-bond acceptors (Lipinski definition) is 4. The quantitative estimate of drug-likeness (QED) is 0.783. The van der Waals surface area contributed by atoms with Crippen LogP contribution in [0, 0.1) is 0 Å². The Bertz CT molecular complexity index is 439. The predicted molar refractivity (Wildman–Crippen MR) is 69.2 cm³/mol. The zero-order valence-electron chi connectivity index (χ0n) is 10.5. The van der Waals surface area contributed by atoms with Crippen LogP contribution >= 0.6 is 0 Å². The summed E-state index contributed by atoms with van der Waals surface area (Å²) in [7, 11) is 0. The highest BCUT2D eigenvalue weighted by Crippen LogP contribution is 2.07. The van der Waals surface area contributed by atoms with E-state index in [9.17, 15) is 0 Å². The Morgan fingerprint density at radius 2 is 2.22 bits per heavy atom. The van der Waals surface area contributed by atoms with Gasteiger partial charge in [-0.15, -0.1) is 0 Å². The van der Waals surface area contributed by atoms with Gasteiger partial charge in [0.2, 0.25) is 5.88 Å². The highest BCUT2D eigenvalue weighted by Gasteiger charge is 1.98. The fourth-order valence-corrected chi connectivity index (χ4v) is 1.53. The summed E-state index contributed by atoms with van der Waals surface area (Å²) < 4.78 is 5.43. The first-order valence-electron chi connectivity index (χ1n) is 6.15. The number of hydrogen-bond donors (Lipinski definition) is 2. The second kappa shape index (κ2) is 6.76. The molecule has 2 aromatic rings. The SMILES string of the molecule is CCCOc1ccc(CNCc2ncc[nH]2)cn1. The Kier molecular flexibility index (Phi) is 4.72. The van der Waals surface area contributed by atoms with Crippen LogP contribution in [0.2, 0.25) is 0 Å². The van der Waals surface area contributed by atoms with Crippen LogP contribution in [-0.4, -0.2) is 21.6 Å². The van der Waals surface area contributed by atoms with E-state index < -0.39 is 0 Å². The summed E-state index contributed by atoms with van der Waals surface area (Å²) in [5, 5.41) is 3.29. The van der Waals surface area contributed by atoms with Gasteiger partial charge in [-0.05, 0) is 12.0 Å². The van der Waals surface area contributed by atoms with Crippen molar-refractivity contribution in [1.82, 2.24) is 20.3 Å². The smallest absolute Gasteiger partial charge is 0.213 e. The normalized spacial score (nSPS) is 10.5. The number of rotatable bonds is 7. The van der Waals surface area contributed by atoms with Crippen LogP contribution in [0.4, 0.5) is 0 Å². The van der Waals surface area contributed by atoms with Gasteiger partial charge in [0.25, 0.3) is 0 Å². The lowest BCUT2D eigenvalue weighted by molar-refractivity contribution is 0.305. The molecule has 0 radical (unpaired) electrons. The zero-order chi connectivity index (χ0) is 12.6. The van der Waals surface area contributed by atoms with Gasteiger partial charge in [-0.3, -0.25) is 0 Å². The molecule has 0 unspecified atom stereocenters. The predicted octanol–water partition coefficient (Wildman–Crippen LogP) is 1.88. The molecule has 5 heteroatoms. The van der Waals surface area contributed by atoms with Crippen molar-refractivity contribution < 1.29 is 4.74 Å². The Balaban J connectivity index is 1.75. The van der Waals surface area contributed by atoms with E-state index in [2.05, 4.69) is 27.2 Å². The number of nitrogens with zero attached hydrogens (tertiary/aromatic N) is 2. The number of ether oxygens (including phenoxy) is 1. The summed E-state index contributed by atoms with van der Waals surface area (Å²) >= 11 is 0. The molecule has 2 rings (SSSR count). The van der Waals surface area contributed by atoms with E-state index >= 15 is 0 Å². The number of imidazole rings is 1. The number of aromatic nitrogens is 3. The first kappa shape index (κ1) is 12.6. The van der Waals surface area contributed by atoms with Gasteiger partial charge < -0.3 is 15.0 Å². The summed E-state index contributed by atoms with van der Waals surface area (Å²) in [5.74, 6) is 1.62. The van der Waals surface area contributed by atoms with Crippen LogP contribution in [0.1, 0.15) is 24.7 Å². The third kappa shape index (κ3) is 3.85. The van der Waals surface area contributed by atoms with Gasteiger partial charge >= 0.3 is 0 Å². The number of pyridine rings is 1. The molecule has 2 aromatic heterocycles. The van der Waals surface area contributed by atoms with Crippen LogP contribution in [0.15, 0.2) is 30.7 Å². The average molecular weight is 246 g/mol. The molecule has 0 atom stereocenters. The number of H-pyrrole nitrogens is 1. The molecule has 0 spiro atoms. The van der Waals surface area contributed by atoms with Gasteiger partial charge in [-0.1, -0.05) is 13.0 Å². The minimum absolute atomic E-state index is 0.687. The number of nitrogens with one attached hydrogen (secondary N) is 2. The van der Waals surface area contributed by atoms with E-state index in [0.29, 0.717) is 12.5 Å². The lowest BCUT2D eigenvalue weighted by atomic mass is 10.3. The summed E-state index contributed by atoms with van der Waals surface area (Å²) in [4.78, 5) is 11.4. The summed E-state index contributed by atoms with van der Waals surface area (Å²) in [5.41, 5.74) is 1.13. The fourth-order valence-electron chi connectivity index (χ4n) is 1.53. The third-order valence-corrected chi connectivity index (χ3v) is 2.43. The van der Waals surface area contributed by atoms with E-state index in [0.717, 1.165) is 30.9 Å². The molecular weight excluding hydrogens is 228 g/mol. The molecule has 0 aromatic carbocycles. The van der Waals surface area contributed by atoms with E-state index in [-0.39, 0.29) is 0 Å². The molecule has 2 N–H and O–H groups in total. The van der Waals surface area contributed by atoms with Gasteiger partial charge in [0.1, 0.15) is 5.82 Å². The molecule has 0 saturated heterocycles. The molecule has 0 fully saturated rings. The van der Waals surface area contributed by atoms with Crippen molar-refractivity contribution in [3.8, 4) is 5.88 Å². The molecular formula is C13H18N4O. The largest absolute Gasteiger partial charge is 0.478 e. The van der Waals surface area contributed by atoms with E-state index in [1.807, 2.05) is 24.5 Å². The summed E-state index contributed by atoms with van der Waals surface area (Å²) in [6.07, 6.45) is 6.39. The van der Waals surface area contributed by atoms with Crippen LogP contribution in [-0.2, 0) is 13.1 Å². The van der Waals surface area contributed by atoms with Crippen molar-refractivity contribution in [2.45, 2.75) is 26.4 Å². The van der Waals surface area contributed by atoms with Crippen molar-refractivity contribution in [3.63, 3.8) is 0 Å². The molecule has 18 heavy (non-hydrogen) atoms. The van der Waals surface area contributed by atoms with Crippen molar-refractivity contribution in [1.29, 1.82) is 0 Å². The van der Waals surface area contributed by atoms with Crippen LogP contribution < -0.4 is 10.1 Å². The average Bonchev–Trinajstić information content (AvgIpc) is 2.91. The monoisotopic (exact) mass is 246 g/mol. The molecule has 2 heterocycles. The first-order valence-corrected chi connectivity index (χ1v) is 6.15. The molecule has 96 valence electrons. The second-order valence-electron chi connectivity index (χ2n) is 3.99. The Hall–Kier alpha value is -1.88. The van der Waals surface area contributed by atoms with E-state index in [1.54, 1.807) is 6.20 Å². The molecule has 0 saturated carbocycles. The van der Waals surface area contributed by atoms with Gasteiger partial charge in [0, 0.05) is 31.2 Å². The van der Waals surface area contributed by atoms with Crippen LogP contribution in [0.5, 0.6) is 5.88 Å². The van der Waals surface area contributed by atoms with Crippen LogP contribution in [0.25, 0.3) is 0 Å². The Labute approximate surface area is 107 Å². The standard InChI is InChI=1S/C13H18N4O/c1-2-7-18-13-4-3-11(9-17-13)8-14-10-12-15-5-6-16-12/h3-6,9,14H,2,7-8,10H2,1H3,(H,15,16). The Morgan fingerprint density at radius 3 is 2.89 bits per heavy atom. The van der Waals surface area contributed by atoms with Crippen molar-refractivity contribution in [3.05, 3.63) is 42.1 Å². The third-order valence-electron chi connectivity index (χ3n) is 2.43. The lowest BCUT2D eigenvalue weighted by Gasteiger charge is -2.05. The summed E-state index contributed by atoms with van der Waals surface area (Å²) in [6.45, 7) is 4.28. The minimum atomic E-state index is 0.687. The maximum atomic E-state index is 5.43. The first-order chi connectivity index (χ1) is 8.88. The minimum Gasteiger partial charge on any atom is -0.478 e. The molecule has 0 bridgehead atoms. The summed E-state index contributed by atoms with van der Waals surface area (Å²) in [6, 6.07) is 3.92. The van der Waals surface area contributed by atoms with E-state index in [4.69, 9.17) is 4.74 Å². The number of aromatic amines is 1. The maximum absolute atomic E-state index is 5.43. The zero-order valence-corrected chi connectivity index (χ0v) is 10.5. The highest BCUT2D eigenvalue weighted by atomic mass is 16.5. The maximum Gasteiger partial charge on any atom is 0.213 e. The van der Waals surface area contributed by atoms with Crippen molar-refractivity contribution in [2.75, 3.05) is 6.61 Å². The van der Waals surface area contributed by atoms with E-state index in [1.165, 1.54) is 0 Å². The van der Waals surface area contributed by atoms with Gasteiger partial charge in [0.05, 0.1) is 13.2 Å². The fraction of sp³-hybridized carbons (Fsp3) is 0.385. The molecule has 5 nitrogen and oxygen atoms in total. The molecule has 0 aliphatic rings. The van der Waals surface area contributed by atoms with Crippen molar-refractivity contribution in [2.24, 2.45) is 0 Å². The van der Waals surface area contributed by atoms with Crippen molar-refractivity contribution >= 4 is 0 Å². The lowest BCUT2D eigenvalue weighted by Crippen LogP contribution is -2.13.